The predicted molar refractivity (Wildman–Crippen MR) is 197 cm³/mol. The topological polar surface area (TPSA) is 223 Å². The predicted octanol–water partition coefficient (Wildman–Crippen LogP) is 5.00. The van der Waals surface area contributed by atoms with Crippen molar-refractivity contribution in [2.24, 2.45) is 5.92 Å². The fourth-order valence-electron chi connectivity index (χ4n) is 7.17. The summed E-state index contributed by atoms with van der Waals surface area (Å²) in [6.07, 6.45) is 2.93. The molecule has 2 aromatic rings. The van der Waals surface area contributed by atoms with Crippen molar-refractivity contribution < 1.29 is 68.5 Å². The van der Waals surface area contributed by atoms with Gasteiger partial charge in [0.05, 0.1) is 0 Å². The summed E-state index contributed by atoms with van der Waals surface area (Å²) in [5, 5.41) is 53.7. The van der Waals surface area contributed by atoms with E-state index in [1.165, 1.54) is 6.92 Å². The SMILES string of the molecule is CC(=O)OC(CCCC12OC(C(=O)O)C(O)(C(=O)O)C(C(=O)O)(O1)[C@H](OC(=O)CCCCCC/C=C/c1ccccc1)[C@H]2O)C(C)C/C=C/c1ccccc1. The van der Waals surface area contributed by atoms with Gasteiger partial charge in [-0.05, 0) is 55.6 Å². The van der Waals surface area contributed by atoms with Crippen LogP contribution < -0.4 is 0 Å². The Bertz CT molecular complexity index is 1690. The van der Waals surface area contributed by atoms with Crippen molar-refractivity contribution in [2.45, 2.75) is 119 Å². The highest BCUT2D eigenvalue weighted by molar-refractivity contribution is 5.98. The molecule has 0 radical (unpaired) electrons. The van der Waals surface area contributed by atoms with Crippen LogP contribution in [0.4, 0.5) is 0 Å². The van der Waals surface area contributed by atoms with E-state index in [2.05, 4.69) is 0 Å². The first-order chi connectivity index (χ1) is 26.2. The highest BCUT2D eigenvalue weighted by Gasteiger charge is 2.85. The van der Waals surface area contributed by atoms with Gasteiger partial charge in [0.1, 0.15) is 12.2 Å². The Hall–Kier alpha value is -4.89. The van der Waals surface area contributed by atoms with Crippen LogP contribution in [0.2, 0.25) is 0 Å². The van der Waals surface area contributed by atoms with E-state index in [0.29, 0.717) is 19.3 Å². The Kier molecular flexibility index (Phi) is 14.9. The Balaban J connectivity index is 1.47. The van der Waals surface area contributed by atoms with Gasteiger partial charge in [0.15, 0.2) is 6.10 Å². The van der Waals surface area contributed by atoms with Gasteiger partial charge in [0.2, 0.25) is 23.1 Å². The zero-order chi connectivity index (χ0) is 40.2. The van der Waals surface area contributed by atoms with Crippen LogP contribution in [-0.4, -0.2) is 96.8 Å². The van der Waals surface area contributed by atoms with Crippen LogP contribution in [0.15, 0.2) is 72.8 Å². The number of rotatable bonds is 21. The summed E-state index contributed by atoms with van der Waals surface area (Å²) in [5.74, 6) is -11.0. The lowest BCUT2D eigenvalue weighted by molar-refractivity contribution is -0.374. The molecule has 55 heavy (non-hydrogen) atoms. The van der Waals surface area contributed by atoms with Gasteiger partial charge < -0.3 is 44.5 Å². The van der Waals surface area contributed by atoms with Crippen molar-refractivity contribution in [3.8, 4) is 0 Å². The normalized spacial score (nSPS) is 27.1. The molecule has 14 nitrogen and oxygen atoms in total. The molecule has 0 aromatic heterocycles. The van der Waals surface area contributed by atoms with Crippen molar-refractivity contribution in [2.75, 3.05) is 0 Å². The number of aliphatic carboxylic acids is 3. The number of carboxylic acid groups (broad SMARTS) is 3. The van der Waals surface area contributed by atoms with Gasteiger partial charge in [0.25, 0.3) is 0 Å². The van der Waals surface area contributed by atoms with E-state index in [1.807, 2.05) is 91.9 Å². The number of ether oxygens (including phenoxy) is 4. The molecule has 0 spiro atoms. The molecule has 2 aromatic carbocycles. The molecule has 2 saturated heterocycles. The molecule has 2 aliphatic rings. The Morgan fingerprint density at radius 3 is 2.00 bits per heavy atom. The van der Waals surface area contributed by atoms with E-state index in [1.54, 1.807) is 0 Å². The minimum absolute atomic E-state index is 0.0313. The van der Waals surface area contributed by atoms with E-state index in [9.17, 15) is 49.5 Å². The molecule has 4 rings (SSSR count). The van der Waals surface area contributed by atoms with Crippen molar-refractivity contribution in [1.29, 1.82) is 0 Å². The minimum atomic E-state index is -3.86. The first kappa shape index (κ1) is 42.8. The van der Waals surface area contributed by atoms with Crippen molar-refractivity contribution in [3.05, 3.63) is 83.9 Å². The monoisotopic (exact) mass is 766 g/mol. The zero-order valence-electron chi connectivity index (χ0n) is 31.0. The first-order valence-corrected chi connectivity index (χ1v) is 18.5. The standard InChI is InChI=1S/C41H50O14/c1-27(17-15-23-30-21-12-8-13-22-30)31(52-28(2)42)24-16-26-39-33(44)34(41(55-39,38(49)50)40(51,37(47)48)35(54-39)36(45)46)53-32(43)25-14-6-4-3-5-9-18-29-19-10-7-11-20-29/h7-13,15,18-23,27,31,33-35,44,51H,3-6,14,16-17,24-26H2,1-2H3,(H,45,46)(H,47,48)(H,49,50)/b18-9+,23-15+/t27?,31?,33-,34-,35?,39?,40?,41?/m1/s1. The van der Waals surface area contributed by atoms with E-state index in [-0.39, 0.29) is 25.2 Å². The molecule has 2 heterocycles. The maximum absolute atomic E-state index is 13.1. The number of fused-ring (bicyclic) bond motifs is 2. The van der Waals surface area contributed by atoms with E-state index >= 15 is 0 Å². The van der Waals surface area contributed by atoms with Gasteiger partial charge in [-0.2, -0.15) is 0 Å². The van der Waals surface area contributed by atoms with Crippen LogP contribution in [0.5, 0.6) is 0 Å². The van der Waals surface area contributed by atoms with Gasteiger partial charge in [-0.3, -0.25) is 9.59 Å². The lowest BCUT2D eigenvalue weighted by Gasteiger charge is -2.48. The number of aliphatic hydroxyl groups excluding tert-OH is 1. The molecule has 298 valence electrons. The first-order valence-electron chi connectivity index (χ1n) is 18.5. The molecule has 6 unspecified atom stereocenters. The van der Waals surface area contributed by atoms with E-state index in [0.717, 1.165) is 30.4 Å². The minimum Gasteiger partial charge on any atom is -0.479 e. The number of carbonyl (C=O) groups excluding carboxylic acids is 2. The lowest BCUT2D eigenvalue weighted by atomic mass is 9.74. The maximum atomic E-state index is 13.1. The Morgan fingerprint density at radius 1 is 0.836 bits per heavy atom. The fraction of sp³-hybridized carbons (Fsp3) is 0.488. The quantitative estimate of drug-likeness (QED) is 0.0833. The number of carbonyl (C=O) groups is 5. The number of allylic oxidation sites excluding steroid dienone is 2. The fourth-order valence-corrected chi connectivity index (χ4v) is 7.17. The molecule has 8 atom stereocenters. The van der Waals surface area contributed by atoms with Crippen LogP contribution >= 0.6 is 0 Å². The number of esters is 2. The summed E-state index contributed by atoms with van der Waals surface area (Å²) in [5.41, 5.74) is -5.31. The number of carboxylic acids is 3. The average Bonchev–Trinajstić information content (AvgIpc) is 3.36. The van der Waals surface area contributed by atoms with Crippen LogP contribution in [0, 0.1) is 5.92 Å². The molecule has 5 N–H and O–H groups in total. The number of hydrogen-bond donors (Lipinski definition) is 5. The highest BCUT2D eigenvalue weighted by Crippen LogP contribution is 2.55. The number of hydrogen-bond acceptors (Lipinski definition) is 11. The summed E-state index contributed by atoms with van der Waals surface area (Å²) in [6.45, 7) is 3.09. The number of unbranched alkanes of at least 4 members (excludes halogenated alkanes) is 4. The van der Waals surface area contributed by atoms with Crippen LogP contribution in [0.1, 0.15) is 89.2 Å². The molecule has 0 aliphatic carbocycles. The Morgan fingerprint density at radius 2 is 1.44 bits per heavy atom. The summed E-state index contributed by atoms with van der Waals surface area (Å²) >= 11 is 0. The second-order valence-corrected chi connectivity index (χ2v) is 14.0. The third-order valence-electron chi connectivity index (χ3n) is 10.1. The van der Waals surface area contributed by atoms with Crippen LogP contribution in [0.25, 0.3) is 12.2 Å². The molecule has 0 amide bonds. The van der Waals surface area contributed by atoms with Crippen molar-refractivity contribution >= 4 is 42.0 Å². The molecule has 0 saturated carbocycles. The maximum Gasteiger partial charge on any atom is 0.344 e. The van der Waals surface area contributed by atoms with Crippen molar-refractivity contribution in [3.63, 3.8) is 0 Å². The molecular formula is C41H50O14. The van der Waals surface area contributed by atoms with E-state index in [4.69, 9.17) is 18.9 Å². The average molecular weight is 767 g/mol. The molecular weight excluding hydrogens is 716 g/mol. The van der Waals surface area contributed by atoms with Crippen molar-refractivity contribution in [1.82, 2.24) is 0 Å². The Labute approximate surface area is 319 Å². The van der Waals surface area contributed by atoms with Crippen LogP contribution in [-0.2, 0) is 42.9 Å². The number of benzene rings is 2. The lowest BCUT2D eigenvalue weighted by Crippen LogP contribution is -2.78. The zero-order valence-corrected chi connectivity index (χ0v) is 31.0. The smallest absolute Gasteiger partial charge is 0.344 e. The third-order valence-corrected chi connectivity index (χ3v) is 10.1. The molecule has 2 aliphatic heterocycles. The van der Waals surface area contributed by atoms with Gasteiger partial charge in [-0.1, -0.05) is 105 Å². The largest absolute Gasteiger partial charge is 0.479 e. The second kappa shape index (κ2) is 19.1. The third kappa shape index (κ3) is 9.87. The molecule has 2 bridgehead atoms. The molecule has 14 heteroatoms. The van der Waals surface area contributed by atoms with Gasteiger partial charge >= 0.3 is 29.8 Å². The van der Waals surface area contributed by atoms with Gasteiger partial charge in [-0.25, -0.2) is 14.4 Å². The summed E-state index contributed by atoms with van der Waals surface area (Å²) in [7, 11) is 0. The second-order valence-electron chi connectivity index (χ2n) is 14.0. The summed E-state index contributed by atoms with van der Waals surface area (Å²) in [4.78, 5) is 63.1. The van der Waals surface area contributed by atoms with Crippen LogP contribution in [0.3, 0.4) is 0 Å². The highest BCUT2D eigenvalue weighted by atomic mass is 16.8. The molecule has 2 fully saturated rings. The van der Waals surface area contributed by atoms with E-state index < -0.39 is 77.7 Å². The summed E-state index contributed by atoms with van der Waals surface area (Å²) in [6, 6.07) is 19.3. The van der Waals surface area contributed by atoms with Gasteiger partial charge in [0, 0.05) is 19.8 Å². The van der Waals surface area contributed by atoms with Gasteiger partial charge in [-0.15, -0.1) is 0 Å². The number of aliphatic hydroxyl groups is 2. The summed E-state index contributed by atoms with van der Waals surface area (Å²) < 4.78 is 22.2.